The summed E-state index contributed by atoms with van der Waals surface area (Å²) in [5.41, 5.74) is 0. The van der Waals surface area contributed by atoms with Crippen LogP contribution in [0.25, 0.3) is 0 Å². The van der Waals surface area contributed by atoms with Crippen LogP contribution in [0.5, 0.6) is 0 Å². The molecule has 2 N–H and O–H groups in total. The van der Waals surface area contributed by atoms with Crippen LogP contribution in [0.15, 0.2) is 0 Å². The summed E-state index contributed by atoms with van der Waals surface area (Å²) in [5, 5.41) is 18.2. The fraction of sp³-hybridized carbons (Fsp3) is 0.857. The molecule has 0 aromatic rings. The van der Waals surface area contributed by atoms with Crippen molar-refractivity contribution in [3.63, 3.8) is 0 Å². The zero-order chi connectivity index (χ0) is 9.02. The smallest absolute Gasteiger partial charge is 0.337 e. The van der Waals surface area contributed by atoms with Crippen molar-refractivity contribution < 1.29 is 19.7 Å². The van der Waals surface area contributed by atoms with Crippen LogP contribution in [-0.2, 0) is 9.53 Å². The van der Waals surface area contributed by atoms with E-state index in [0.717, 1.165) is 0 Å². The Balaban J connectivity index is 4.01. The van der Waals surface area contributed by atoms with Crippen LogP contribution >= 0.6 is 0 Å². The molecule has 0 aliphatic heterocycles. The predicted octanol–water partition coefficient (Wildman–Crippen LogP) is -0.463. The highest BCUT2D eigenvalue weighted by Crippen LogP contribution is 2.06. The number of esters is 1. The fourth-order valence-electron chi connectivity index (χ4n) is 0.625. The molecule has 0 fully saturated rings. The molecule has 2 atom stereocenters. The van der Waals surface area contributed by atoms with E-state index in [4.69, 9.17) is 10.2 Å². The first kappa shape index (κ1) is 10.4. The molecule has 66 valence electrons. The Labute approximate surface area is 65.8 Å². The van der Waals surface area contributed by atoms with Crippen LogP contribution in [0.1, 0.15) is 13.8 Å². The molecule has 0 aliphatic carbocycles. The van der Waals surface area contributed by atoms with Crippen molar-refractivity contribution in [2.75, 3.05) is 7.11 Å². The van der Waals surface area contributed by atoms with Crippen LogP contribution in [0.2, 0.25) is 0 Å². The lowest BCUT2D eigenvalue weighted by atomic mass is 10.0. The molecular weight excluding hydrogens is 148 g/mol. The minimum atomic E-state index is -1.43. The van der Waals surface area contributed by atoms with Gasteiger partial charge >= 0.3 is 5.97 Å². The zero-order valence-electron chi connectivity index (χ0n) is 6.94. The van der Waals surface area contributed by atoms with Gasteiger partial charge in [0.25, 0.3) is 0 Å². The lowest BCUT2D eigenvalue weighted by molar-refractivity contribution is -0.158. The molecule has 11 heavy (non-hydrogen) atoms. The largest absolute Gasteiger partial charge is 0.467 e. The van der Waals surface area contributed by atoms with Gasteiger partial charge in [-0.25, -0.2) is 4.79 Å². The highest BCUT2D eigenvalue weighted by Gasteiger charge is 2.26. The van der Waals surface area contributed by atoms with Crippen molar-refractivity contribution in [3.05, 3.63) is 0 Å². The monoisotopic (exact) mass is 162 g/mol. The quantitative estimate of drug-likeness (QED) is 0.551. The first-order chi connectivity index (χ1) is 5.00. The normalized spacial score (nSPS) is 16.2. The molecule has 0 saturated carbocycles. The van der Waals surface area contributed by atoms with Crippen molar-refractivity contribution in [3.8, 4) is 0 Å². The number of aliphatic hydroxyl groups is 2. The van der Waals surface area contributed by atoms with E-state index >= 15 is 0 Å². The van der Waals surface area contributed by atoms with Gasteiger partial charge in [-0.05, 0) is 5.92 Å². The molecule has 0 radical (unpaired) electrons. The molecule has 0 heterocycles. The van der Waals surface area contributed by atoms with Gasteiger partial charge in [-0.3, -0.25) is 0 Å². The fourth-order valence-corrected chi connectivity index (χ4v) is 0.625. The molecule has 0 rings (SSSR count). The number of methoxy groups -OCH3 is 1. The number of ether oxygens (including phenoxy) is 1. The number of carbonyl (C=O) groups is 1. The average molecular weight is 162 g/mol. The summed E-state index contributed by atoms with van der Waals surface area (Å²) in [6, 6.07) is 0. The average Bonchev–Trinajstić information content (AvgIpc) is 2.00. The number of rotatable bonds is 3. The molecule has 0 amide bonds. The van der Waals surface area contributed by atoms with E-state index in [1.807, 2.05) is 0 Å². The van der Waals surface area contributed by atoms with Crippen molar-refractivity contribution >= 4 is 5.97 Å². The minimum absolute atomic E-state index is 0.163. The maximum atomic E-state index is 10.6. The van der Waals surface area contributed by atoms with Gasteiger partial charge in [-0.15, -0.1) is 0 Å². The molecule has 0 spiro atoms. The van der Waals surface area contributed by atoms with E-state index in [0.29, 0.717) is 0 Å². The summed E-state index contributed by atoms with van der Waals surface area (Å²) in [6.45, 7) is 3.41. The van der Waals surface area contributed by atoms with E-state index in [2.05, 4.69) is 4.74 Å². The Morgan fingerprint density at radius 3 is 2.09 bits per heavy atom. The number of hydrogen-bond donors (Lipinski definition) is 2. The third-order valence-corrected chi connectivity index (χ3v) is 1.45. The van der Waals surface area contributed by atoms with Gasteiger partial charge in [0.05, 0.1) is 13.2 Å². The summed E-state index contributed by atoms with van der Waals surface area (Å²) in [6.07, 6.45) is -2.48. The molecule has 0 saturated heterocycles. The minimum Gasteiger partial charge on any atom is -0.467 e. The van der Waals surface area contributed by atoms with E-state index in [-0.39, 0.29) is 5.92 Å². The zero-order valence-corrected chi connectivity index (χ0v) is 6.94. The van der Waals surface area contributed by atoms with Crippen LogP contribution in [0.4, 0.5) is 0 Å². The maximum absolute atomic E-state index is 10.6. The van der Waals surface area contributed by atoms with Gasteiger partial charge in [0.2, 0.25) is 0 Å². The van der Waals surface area contributed by atoms with Crippen LogP contribution in [-0.4, -0.2) is 35.5 Å². The van der Waals surface area contributed by atoms with Gasteiger partial charge in [0.15, 0.2) is 6.10 Å². The van der Waals surface area contributed by atoms with Crippen LogP contribution in [0.3, 0.4) is 0 Å². The highest BCUT2D eigenvalue weighted by molar-refractivity contribution is 5.74. The summed E-state index contributed by atoms with van der Waals surface area (Å²) in [4.78, 5) is 10.6. The lowest BCUT2D eigenvalue weighted by Crippen LogP contribution is -2.38. The first-order valence-corrected chi connectivity index (χ1v) is 3.44. The maximum Gasteiger partial charge on any atom is 0.337 e. The van der Waals surface area contributed by atoms with Crippen LogP contribution < -0.4 is 0 Å². The third-order valence-electron chi connectivity index (χ3n) is 1.45. The van der Waals surface area contributed by atoms with Gasteiger partial charge in [0.1, 0.15) is 0 Å². The number of aliphatic hydroxyl groups excluding tert-OH is 2. The number of carbonyl (C=O) groups excluding carboxylic acids is 1. The van der Waals surface area contributed by atoms with Gasteiger partial charge in [-0.2, -0.15) is 0 Å². The van der Waals surface area contributed by atoms with Gasteiger partial charge < -0.3 is 14.9 Å². The van der Waals surface area contributed by atoms with E-state index in [1.54, 1.807) is 13.8 Å². The summed E-state index contributed by atoms with van der Waals surface area (Å²) < 4.78 is 4.23. The molecule has 0 aromatic carbocycles. The van der Waals surface area contributed by atoms with Crippen LogP contribution in [0, 0.1) is 5.92 Å². The van der Waals surface area contributed by atoms with Crippen molar-refractivity contribution in [2.45, 2.75) is 26.1 Å². The first-order valence-electron chi connectivity index (χ1n) is 3.44. The standard InChI is InChI=1S/C7H14O4/c1-4(2)5(8)6(9)7(10)11-3/h4-6,8-9H,1-3H3. The second kappa shape index (κ2) is 4.31. The van der Waals surface area contributed by atoms with E-state index in [9.17, 15) is 4.79 Å². The Morgan fingerprint density at radius 2 is 1.82 bits per heavy atom. The lowest BCUT2D eigenvalue weighted by Gasteiger charge is -2.18. The second-order valence-corrected chi connectivity index (χ2v) is 2.70. The summed E-state index contributed by atoms with van der Waals surface area (Å²) in [7, 11) is 1.17. The predicted molar refractivity (Wildman–Crippen MR) is 38.9 cm³/mol. The molecule has 0 aliphatic rings. The molecule has 0 bridgehead atoms. The molecule has 0 aromatic heterocycles. The van der Waals surface area contributed by atoms with Crippen molar-refractivity contribution in [1.82, 2.24) is 0 Å². The Bertz CT molecular complexity index is 132. The van der Waals surface area contributed by atoms with Crippen molar-refractivity contribution in [2.24, 2.45) is 5.92 Å². The van der Waals surface area contributed by atoms with Gasteiger partial charge in [-0.1, -0.05) is 13.8 Å². The highest BCUT2D eigenvalue weighted by atomic mass is 16.5. The van der Waals surface area contributed by atoms with Gasteiger partial charge in [0, 0.05) is 0 Å². The Morgan fingerprint density at radius 1 is 1.36 bits per heavy atom. The SMILES string of the molecule is COC(=O)C(O)C(O)C(C)C. The summed E-state index contributed by atoms with van der Waals surface area (Å²) >= 11 is 0. The number of hydrogen-bond acceptors (Lipinski definition) is 4. The molecule has 4 heteroatoms. The van der Waals surface area contributed by atoms with E-state index < -0.39 is 18.2 Å². The second-order valence-electron chi connectivity index (χ2n) is 2.70. The van der Waals surface area contributed by atoms with Crippen molar-refractivity contribution in [1.29, 1.82) is 0 Å². The van der Waals surface area contributed by atoms with E-state index in [1.165, 1.54) is 7.11 Å². The molecule has 2 unspecified atom stereocenters. The molecular formula is C7H14O4. The molecule has 4 nitrogen and oxygen atoms in total. The third kappa shape index (κ3) is 2.86. The topological polar surface area (TPSA) is 66.8 Å². The summed E-state index contributed by atoms with van der Waals surface area (Å²) in [5.74, 6) is -0.963. The Kier molecular flexibility index (Phi) is 4.07. The Hall–Kier alpha value is -0.610.